The predicted octanol–water partition coefficient (Wildman–Crippen LogP) is 2.10. The lowest BCUT2D eigenvalue weighted by molar-refractivity contribution is -0.132. The van der Waals surface area contributed by atoms with E-state index in [0.29, 0.717) is 55.3 Å². The summed E-state index contributed by atoms with van der Waals surface area (Å²) in [4.78, 5) is 25.6. The molecule has 0 saturated heterocycles. The number of ether oxygens (including phenoxy) is 1. The van der Waals surface area contributed by atoms with Gasteiger partial charge >= 0.3 is 0 Å². The molecule has 1 aliphatic rings. The molecule has 3 rings (SSSR count). The molecule has 0 aliphatic carbocycles. The van der Waals surface area contributed by atoms with Crippen LogP contribution in [-0.4, -0.2) is 34.2 Å². The number of carbonyl (C=O) groups excluding carboxylic acids is 1. The monoisotopic (exact) mass is 335 g/mol. The molecule has 2 N–H and O–H groups in total. The maximum Gasteiger partial charge on any atom is 0.269 e. The second-order valence-corrected chi connectivity index (χ2v) is 5.89. The Kier molecular flexibility index (Phi) is 4.71. The fourth-order valence-corrected chi connectivity index (χ4v) is 2.85. The van der Waals surface area contributed by atoms with E-state index in [1.54, 1.807) is 17.0 Å². The highest BCUT2D eigenvalue weighted by atomic mass is 35.5. The number of aromatic amines is 2. The summed E-state index contributed by atoms with van der Waals surface area (Å²) in [7, 11) is 0. The van der Waals surface area contributed by atoms with Crippen molar-refractivity contribution in [3.05, 3.63) is 50.9 Å². The Morgan fingerprint density at radius 3 is 2.96 bits per heavy atom. The minimum atomic E-state index is -0.139. The predicted molar refractivity (Wildman–Crippen MR) is 86.7 cm³/mol. The van der Waals surface area contributed by atoms with Gasteiger partial charge in [-0.25, -0.2) is 0 Å². The van der Waals surface area contributed by atoms with Crippen LogP contribution in [-0.2, 0) is 17.8 Å². The molecule has 0 unspecified atom stereocenters. The van der Waals surface area contributed by atoms with Crippen LogP contribution in [0, 0.1) is 0 Å². The average molecular weight is 336 g/mol. The van der Waals surface area contributed by atoms with Crippen molar-refractivity contribution in [3.63, 3.8) is 0 Å². The van der Waals surface area contributed by atoms with Gasteiger partial charge in [-0.3, -0.25) is 14.7 Å². The van der Waals surface area contributed by atoms with Crippen LogP contribution in [0.1, 0.15) is 24.1 Å². The highest BCUT2D eigenvalue weighted by Crippen LogP contribution is 2.23. The molecule has 7 heteroatoms. The van der Waals surface area contributed by atoms with E-state index >= 15 is 0 Å². The van der Waals surface area contributed by atoms with Crippen molar-refractivity contribution in [2.75, 3.05) is 13.2 Å². The maximum atomic E-state index is 12.2. The molecule has 0 radical (unpaired) electrons. The number of H-pyrrole nitrogens is 2. The van der Waals surface area contributed by atoms with Gasteiger partial charge in [0.15, 0.2) is 0 Å². The Morgan fingerprint density at radius 2 is 2.13 bits per heavy atom. The van der Waals surface area contributed by atoms with E-state index in [2.05, 4.69) is 10.2 Å². The smallest absolute Gasteiger partial charge is 0.269 e. The number of halogens is 1. The largest absolute Gasteiger partial charge is 0.492 e. The zero-order valence-electron chi connectivity index (χ0n) is 12.6. The van der Waals surface area contributed by atoms with Gasteiger partial charge < -0.3 is 14.7 Å². The van der Waals surface area contributed by atoms with Crippen molar-refractivity contribution in [1.82, 2.24) is 15.1 Å². The number of hydrogen-bond donors (Lipinski definition) is 2. The first-order chi connectivity index (χ1) is 11.1. The molecule has 1 amide bonds. The number of hydrogen-bond acceptors (Lipinski definition) is 3. The number of aromatic nitrogens is 2. The third kappa shape index (κ3) is 3.59. The highest BCUT2D eigenvalue weighted by Gasteiger charge is 2.23. The van der Waals surface area contributed by atoms with Crippen LogP contribution in [0.5, 0.6) is 5.75 Å². The van der Waals surface area contributed by atoms with E-state index in [4.69, 9.17) is 16.3 Å². The number of para-hydroxylation sites is 1. The second-order valence-electron chi connectivity index (χ2n) is 5.48. The summed E-state index contributed by atoms with van der Waals surface area (Å²) in [6.07, 6.45) is 1.68. The van der Waals surface area contributed by atoms with Crippen LogP contribution in [0.4, 0.5) is 0 Å². The summed E-state index contributed by atoms with van der Waals surface area (Å²) in [5.41, 5.74) is 1.43. The molecule has 2 aromatic rings. The van der Waals surface area contributed by atoms with Gasteiger partial charge in [0.1, 0.15) is 5.75 Å². The van der Waals surface area contributed by atoms with Gasteiger partial charge in [0, 0.05) is 25.1 Å². The molecule has 1 aromatic heterocycles. The number of carbonyl (C=O) groups is 1. The summed E-state index contributed by atoms with van der Waals surface area (Å²) in [5, 5.41) is 5.98. The number of nitrogens with one attached hydrogen (secondary N) is 2. The molecule has 23 heavy (non-hydrogen) atoms. The van der Waals surface area contributed by atoms with E-state index in [9.17, 15) is 9.59 Å². The molecular formula is C16H18ClN3O3. The van der Waals surface area contributed by atoms with Gasteiger partial charge in [0.2, 0.25) is 5.91 Å². The zero-order valence-corrected chi connectivity index (χ0v) is 13.4. The van der Waals surface area contributed by atoms with Crippen LogP contribution in [0.2, 0.25) is 5.02 Å². The van der Waals surface area contributed by atoms with Crippen LogP contribution < -0.4 is 10.3 Å². The summed E-state index contributed by atoms with van der Waals surface area (Å²) in [6.45, 7) is 1.43. The lowest BCUT2D eigenvalue weighted by Gasteiger charge is -2.26. The first kappa shape index (κ1) is 15.7. The van der Waals surface area contributed by atoms with Crippen molar-refractivity contribution < 1.29 is 9.53 Å². The standard InChI is InChI=1S/C16H18ClN3O3/c17-12-4-1-2-5-14(12)23-9-3-6-15(21)20-8-7-13-11(10-20)16(22)19-18-13/h1-2,4-5H,3,6-10H2,(H2,18,19,22). The molecule has 0 saturated carbocycles. The number of benzene rings is 1. The van der Waals surface area contributed by atoms with Gasteiger partial charge in [-0.2, -0.15) is 0 Å². The van der Waals surface area contributed by atoms with Gasteiger partial charge in [-0.1, -0.05) is 23.7 Å². The first-order valence-corrected chi connectivity index (χ1v) is 7.96. The van der Waals surface area contributed by atoms with Crippen LogP contribution >= 0.6 is 11.6 Å². The van der Waals surface area contributed by atoms with Gasteiger partial charge in [0.25, 0.3) is 5.56 Å². The third-order valence-electron chi connectivity index (χ3n) is 3.93. The second kappa shape index (κ2) is 6.91. The third-order valence-corrected chi connectivity index (χ3v) is 4.24. The normalized spacial score (nSPS) is 13.7. The fourth-order valence-electron chi connectivity index (χ4n) is 2.66. The number of amides is 1. The average Bonchev–Trinajstić information content (AvgIpc) is 2.93. The quantitative estimate of drug-likeness (QED) is 0.821. The summed E-state index contributed by atoms with van der Waals surface area (Å²) >= 11 is 6.00. The minimum Gasteiger partial charge on any atom is -0.492 e. The van der Waals surface area contributed by atoms with Crippen LogP contribution in [0.3, 0.4) is 0 Å². The molecule has 1 aromatic carbocycles. The minimum absolute atomic E-state index is 0.0407. The molecular weight excluding hydrogens is 318 g/mol. The molecule has 122 valence electrons. The van der Waals surface area contributed by atoms with E-state index in [-0.39, 0.29) is 11.5 Å². The highest BCUT2D eigenvalue weighted by molar-refractivity contribution is 6.32. The molecule has 0 bridgehead atoms. The van der Waals surface area contributed by atoms with E-state index < -0.39 is 0 Å². The zero-order chi connectivity index (χ0) is 16.2. The number of rotatable bonds is 5. The Hall–Kier alpha value is -2.21. The Bertz CT molecular complexity index is 753. The van der Waals surface area contributed by atoms with Crippen molar-refractivity contribution in [2.45, 2.75) is 25.8 Å². The van der Waals surface area contributed by atoms with Crippen molar-refractivity contribution >= 4 is 17.5 Å². The summed E-state index contributed by atoms with van der Waals surface area (Å²) in [6, 6.07) is 7.26. The Morgan fingerprint density at radius 1 is 1.30 bits per heavy atom. The topological polar surface area (TPSA) is 78.2 Å². The lowest BCUT2D eigenvalue weighted by Crippen LogP contribution is -2.37. The van der Waals surface area contributed by atoms with Crippen LogP contribution in [0.15, 0.2) is 29.1 Å². The van der Waals surface area contributed by atoms with E-state index in [1.165, 1.54) is 0 Å². The van der Waals surface area contributed by atoms with Gasteiger partial charge in [-0.15, -0.1) is 0 Å². The van der Waals surface area contributed by atoms with E-state index in [1.807, 2.05) is 12.1 Å². The van der Waals surface area contributed by atoms with Crippen LogP contribution in [0.25, 0.3) is 0 Å². The van der Waals surface area contributed by atoms with Gasteiger partial charge in [-0.05, 0) is 18.6 Å². The molecule has 2 heterocycles. The first-order valence-electron chi connectivity index (χ1n) is 7.58. The van der Waals surface area contributed by atoms with Crippen molar-refractivity contribution in [1.29, 1.82) is 0 Å². The maximum absolute atomic E-state index is 12.2. The van der Waals surface area contributed by atoms with E-state index in [0.717, 1.165) is 5.69 Å². The molecule has 0 spiro atoms. The molecule has 0 atom stereocenters. The number of nitrogens with zero attached hydrogens (tertiary/aromatic N) is 1. The number of fused-ring (bicyclic) bond motifs is 1. The lowest BCUT2D eigenvalue weighted by atomic mass is 10.1. The molecule has 0 fully saturated rings. The molecule has 1 aliphatic heterocycles. The summed E-state index contributed by atoms with van der Waals surface area (Å²) in [5.74, 6) is 0.669. The summed E-state index contributed by atoms with van der Waals surface area (Å²) < 4.78 is 5.57. The Labute approximate surface area is 138 Å². The SMILES string of the molecule is O=C(CCCOc1ccccc1Cl)N1CCc2[nH][nH]c(=O)c2C1. The van der Waals surface area contributed by atoms with Gasteiger partial charge in [0.05, 0.1) is 23.7 Å². The van der Waals surface area contributed by atoms with Crippen molar-refractivity contribution in [3.8, 4) is 5.75 Å². The van der Waals surface area contributed by atoms with Crippen molar-refractivity contribution in [2.24, 2.45) is 0 Å². The molecule has 6 nitrogen and oxygen atoms in total. The fraction of sp³-hybridized carbons (Fsp3) is 0.375. The Balaban J connectivity index is 1.46.